The fraction of sp³-hybridized carbons (Fsp3) is 0.450. The van der Waals surface area contributed by atoms with E-state index in [1.165, 1.54) is 6.92 Å². The second-order valence-electron chi connectivity index (χ2n) is 6.74. The largest absolute Gasteiger partial charge is 0.380 e. The van der Waals surface area contributed by atoms with E-state index >= 15 is 0 Å². The second-order valence-corrected chi connectivity index (χ2v) is 6.74. The van der Waals surface area contributed by atoms with Crippen LogP contribution in [0.2, 0.25) is 0 Å². The number of amides is 1. The van der Waals surface area contributed by atoms with E-state index in [2.05, 4.69) is 36.0 Å². The van der Waals surface area contributed by atoms with Gasteiger partial charge in [-0.3, -0.25) is 9.48 Å². The van der Waals surface area contributed by atoms with Crippen molar-refractivity contribution in [3.8, 4) is 0 Å². The number of aromatic nitrogens is 5. The molecule has 0 atom stereocenters. The molecule has 3 aromatic heterocycles. The highest BCUT2D eigenvalue weighted by Crippen LogP contribution is 2.27. The van der Waals surface area contributed by atoms with E-state index in [4.69, 9.17) is 4.74 Å². The highest BCUT2D eigenvalue weighted by atomic mass is 16.5. The van der Waals surface area contributed by atoms with Crippen LogP contribution in [0, 0.1) is 6.92 Å². The Bertz CT molecular complexity index is 1020. The van der Waals surface area contributed by atoms with Gasteiger partial charge in [-0.05, 0) is 38.5 Å². The third-order valence-electron chi connectivity index (χ3n) is 4.31. The molecule has 10 nitrogen and oxygen atoms in total. The van der Waals surface area contributed by atoms with Gasteiger partial charge in [0.05, 0.1) is 19.7 Å². The van der Waals surface area contributed by atoms with E-state index in [-0.39, 0.29) is 12.5 Å². The van der Waals surface area contributed by atoms with Gasteiger partial charge in [0.25, 0.3) is 0 Å². The summed E-state index contributed by atoms with van der Waals surface area (Å²) < 4.78 is 7.33. The van der Waals surface area contributed by atoms with Gasteiger partial charge in [-0.1, -0.05) is 0 Å². The van der Waals surface area contributed by atoms with Crippen molar-refractivity contribution in [3.05, 3.63) is 29.6 Å². The zero-order valence-corrected chi connectivity index (χ0v) is 17.8. The number of aryl methyl sites for hydroxylation is 1. The highest BCUT2D eigenvalue weighted by molar-refractivity contribution is 5.90. The summed E-state index contributed by atoms with van der Waals surface area (Å²) >= 11 is 0. The third kappa shape index (κ3) is 5.20. The Morgan fingerprint density at radius 2 is 2.10 bits per heavy atom. The normalized spacial score (nSPS) is 10.9. The maximum absolute atomic E-state index is 11.4. The quantitative estimate of drug-likeness (QED) is 0.434. The van der Waals surface area contributed by atoms with Gasteiger partial charge in [0.2, 0.25) is 11.9 Å². The number of fused-ring (bicyclic) bond motifs is 1. The Kier molecular flexibility index (Phi) is 7.12. The maximum Gasteiger partial charge on any atom is 0.225 e. The Morgan fingerprint density at radius 1 is 1.27 bits per heavy atom. The summed E-state index contributed by atoms with van der Waals surface area (Å²) in [5.74, 6) is 1.62. The molecule has 0 unspecified atom stereocenters. The number of ether oxygens (including phenoxy) is 1. The lowest BCUT2D eigenvalue weighted by Gasteiger charge is -2.11. The standard InChI is InChI=1S/C20H28N8O2/c1-5-21-20-25-17-15(12-23-14(4)29)27-28(9-10-30-6-2)18(17)19(26-20)24-16-11-13(3)7-8-22-16/h7-8,11H,5-6,9-10,12H2,1-4H3,(H,23,29)(H2,21,22,24,25,26). The Morgan fingerprint density at radius 3 is 2.80 bits per heavy atom. The maximum atomic E-state index is 11.4. The molecule has 0 saturated carbocycles. The van der Waals surface area contributed by atoms with Gasteiger partial charge in [-0.2, -0.15) is 10.1 Å². The molecule has 0 fully saturated rings. The first-order valence-corrected chi connectivity index (χ1v) is 10.0. The van der Waals surface area contributed by atoms with Gasteiger partial charge in [-0.25, -0.2) is 9.97 Å². The van der Waals surface area contributed by atoms with Crippen LogP contribution in [0.15, 0.2) is 18.3 Å². The van der Waals surface area contributed by atoms with Crippen molar-refractivity contribution in [2.75, 3.05) is 30.4 Å². The topological polar surface area (TPSA) is 119 Å². The number of carbonyl (C=O) groups excluding carboxylic acids is 1. The SMILES string of the molecule is CCNc1nc(Nc2cc(C)ccn2)c2c(n1)c(CNC(C)=O)nn2CCOCC. The molecular weight excluding hydrogens is 384 g/mol. The molecule has 10 heteroatoms. The molecule has 0 aliphatic carbocycles. The van der Waals surface area contributed by atoms with Gasteiger partial charge in [-0.15, -0.1) is 0 Å². The van der Waals surface area contributed by atoms with Crippen molar-refractivity contribution in [3.63, 3.8) is 0 Å². The van der Waals surface area contributed by atoms with Crippen LogP contribution in [-0.2, 0) is 22.6 Å². The van der Waals surface area contributed by atoms with Crippen LogP contribution in [0.4, 0.5) is 17.6 Å². The fourth-order valence-electron chi connectivity index (χ4n) is 2.98. The summed E-state index contributed by atoms with van der Waals surface area (Å²) in [5, 5.41) is 14.0. The molecule has 30 heavy (non-hydrogen) atoms. The number of hydrogen-bond donors (Lipinski definition) is 3. The molecule has 0 spiro atoms. The van der Waals surface area contributed by atoms with Crippen LogP contribution < -0.4 is 16.0 Å². The number of pyridine rings is 1. The lowest BCUT2D eigenvalue weighted by atomic mass is 10.3. The summed E-state index contributed by atoms with van der Waals surface area (Å²) in [6, 6.07) is 3.88. The van der Waals surface area contributed by atoms with Gasteiger partial charge >= 0.3 is 0 Å². The van der Waals surface area contributed by atoms with Crippen molar-refractivity contribution < 1.29 is 9.53 Å². The average Bonchev–Trinajstić information content (AvgIpc) is 3.05. The summed E-state index contributed by atoms with van der Waals surface area (Å²) in [5.41, 5.74) is 3.15. The number of hydrogen-bond acceptors (Lipinski definition) is 8. The number of carbonyl (C=O) groups is 1. The highest BCUT2D eigenvalue weighted by Gasteiger charge is 2.19. The van der Waals surface area contributed by atoms with E-state index in [9.17, 15) is 4.79 Å². The molecule has 160 valence electrons. The van der Waals surface area contributed by atoms with Crippen LogP contribution in [0.3, 0.4) is 0 Å². The Hall–Kier alpha value is -3.27. The molecular formula is C20H28N8O2. The van der Waals surface area contributed by atoms with E-state index < -0.39 is 0 Å². The molecule has 0 aliphatic heterocycles. The van der Waals surface area contributed by atoms with Crippen LogP contribution in [-0.4, -0.2) is 50.4 Å². The van der Waals surface area contributed by atoms with E-state index in [1.54, 1.807) is 6.20 Å². The van der Waals surface area contributed by atoms with E-state index in [1.807, 2.05) is 37.6 Å². The number of rotatable bonds is 10. The summed E-state index contributed by atoms with van der Waals surface area (Å²) in [4.78, 5) is 25.1. The van der Waals surface area contributed by atoms with Crippen LogP contribution >= 0.6 is 0 Å². The molecule has 3 rings (SSSR count). The minimum absolute atomic E-state index is 0.129. The van der Waals surface area contributed by atoms with Crippen molar-refractivity contribution in [2.45, 2.75) is 40.8 Å². The van der Waals surface area contributed by atoms with Crippen molar-refractivity contribution in [1.29, 1.82) is 0 Å². The fourth-order valence-corrected chi connectivity index (χ4v) is 2.98. The molecule has 0 saturated heterocycles. The van der Waals surface area contributed by atoms with Crippen LogP contribution in [0.5, 0.6) is 0 Å². The smallest absolute Gasteiger partial charge is 0.225 e. The second kappa shape index (κ2) is 9.97. The third-order valence-corrected chi connectivity index (χ3v) is 4.31. The summed E-state index contributed by atoms with van der Waals surface area (Å²) in [7, 11) is 0. The summed E-state index contributed by atoms with van der Waals surface area (Å²) in [6.07, 6.45) is 1.75. The molecule has 3 N–H and O–H groups in total. The van der Waals surface area contributed by atoms with Gasteiger partial charge < -0.3 is 20.7 Å². The minimum Gasteiger partial charge on any atom is -0.380 e. The van der Waals surface area contributed by atoms with Crippen molar-refractivity contribution in [1.82, 2.24) is 30.0 Å². The number of anilines is 3. The zero-order chi connectivity index (χ0) is 21.5. The van der Waals surface area contributed by atoms with E-state index in [0.29, 0.717) is 55.1 Å². The first-order chi connectivity index (χ1) is 14.5. The predicted octanol–water partition coefficient (Wildman–Crippen LogP) is 2.38. The Labute approximate surface area is 175 Å². The van der Waals surface area contributed by atoms with Gasteiger partial charge in [0.15, 0.2) is 5.82 Å². The molecule has 1 amide bonds. The van der Waals surface area contributed by atoms with Crippen molar-refractivity contribution >= 4 is 34.5 Å². The molecule has 0 aliphatic rings. The molecule has 0 aromatic carbocycles. The first-order valence-electron chi connectivity index (χ1n) is 10.0. The zero-order valence-electron chi connectivity index (χ0n) is 17.8. The minimum atomic E-state index is -0.129. The van der Waals surface area contributed by atoms with Gasteiger partial charge in [0, 0.05) is 26.3 Å². The van der Waals surface area contributed by atoms with Crippen molar-refractivity contribution in [2.24, 2.45) is 0 Å². The number of nitrogens with one attached hydrogen (secondary N) is 3. The monoisotopic (exact) mass is 412 g/mol. The molecule has 0 bridgehead atoms. The predicted molar refractivity (Wildman–Crippen MR) is 116 cm³/mol. The molecule has 3 aromatic rings. The molecule has 0 radical (unpaired) electrons. The average molecular weight is 412 g/mol. The first kappa shape index (κ1) is 21.4. The summed E-state index contributed by atoms with van der Waals surface area (Å²) in [6.45, 7) is 10.0. The Balaban J connectivity index is 2.11. The lowest BCUT2D eigenvalue weighted by Crippen LogP contribution is -2.19. The number of nitrogens with zero attached hydrogens (tertiary/aromatic N) is 5. The lowest BCUT2D eigenvalue weighted by molar-refractivity contribution is -0.119. The van der Waals surface area contributed by atoms with E-state index in [0.717, 1.165) is 11.1 Å². The molecule has 3 heterocycles. The van der Waals surface area contributed by atoms with Gasteiger partial charge in [0.1, 0.15) is 22.5 Å². The van der Waals surface area contributed by atoms with Crippen LogP contribution in [0.1, 0.15) is 32.0 Å². The van der Waals surface area contributed by atoms with Crippen LogP contribution in [0.25, 0.3) is 11.0 Å².